The first-order valence-electron chi connectivity index (χ1n) is 13.8. The second-order valence-electron chi connectivity index (χ2n) is 10.9. The van der Waals surface area contributed by atoms with Gasteiger partial charge in [-0.3, -0.25) is 9.59 Å². The third kappa shape index (κ3) is 9.68. The monoisotopic (exact) mass is 625 g/mol. The lowest BCUT2D eigenvalue weighted by Gasteiger charge is -2.41. The molecule has 0 bridgehead atoms. The molecule has 4 N–H and O–H groups in total. The van der Waals surface area contributed by atoms with Crippen molar-refractivity contribution in [3.8, 4) is 17.2 Å². The van der Waals surface area contributed by atoms with Crippen LogP contribution in [0.5, 0.6) is 17.2 Å². The summed E-state index contributed by atoms with van der Waals surface area (Å²) in [5, 5.41) is 32.9. The highest BCUT2D eigenvalue weighted by Crippen LogP contribution is 2.34. The van der Waals surface area contributed by atoms with Crippen molar-refractivity contribution in [2.75, 3.05) is 27.4 Å². The van der Waals surface area contributed by atoms with Gasteiger partial charge in [0.15, 0.2) is 6.29 Å². The summed E-state index contributed by atoms with van der Waals surface area (Å²) in [7, 11) is 2.68. The summed E-state index contributed by atoms with van der Waals surface area (Å²) in [6.45, 7) is 5.39. The Hall–Kier alpha value is -3.13. The fourth-order valence-corrected chi connectivity index (χ4v) is 4.56. The number of carbonyl (C=O) groups excluding carboxylic acids is 2. The molecule has 1 amide bonds. The number of amides is 1. The van der Waals surface area contributed by atoms with Crippen LogP contribution in [-0.4, -0.2) is 90.9 Å². The minimum Gasteiger partial charge on any atom is -0.496 e. The Kier molecular flexibility index (Phi) is 12.4. The van der Waals surface area contributed by atoms with Crippen molar-refractivity contribution in [3.63, 3.8) is 0 Å². The molecule has 12 nitrogen and oxygen atoms in total. The number of carbonyl (C=O) groups is 2. The predicted octanol–water partition coefficient (Wildman–Crippen LogP) is 2.61. The van der Waals surface area contributed by atoms with Crippen molar-refractivity contribution < 1.29 is 53.3 Å². The van der Waals surface area contributed by atoms with Gasteiger partial charge in [0.1, 0.15) is 53.8 Å². The van der Waals surface area contributed by atoms with E-state index in [1.54, 1.807) is 12.1 Å². The van der Waals surface area contributed by atoms with E-state index in [9.17, 15) is 24.9 Å². The number of hydrogen-bond donors (Lipinski definition) is 4. The maximum absolute atomic E-state index is 13.2. The summed E-state index contributed by atoms with van der Waals surface area (Å²) in [5.74, 6) is 0.0679. The molecule has 0 aliphatic carbocycles. The molecule has 1 fully saturated rings. The average Bonchev–Trinajstić information content (AvgIpc) is 2.96. The Morgan fingerprint density at radius 2 is 1.79 bits per heavy atom. The van der Waals surface area contributed by atoms with E-state index >= 15 is 0 Å². The zero-order valence-corrected chi connectivity index (χ0v) is 25.6. The normalized spacial score (nSPS) is 22.0. The summed E-state index contributed by atoms with van der Waals surface area (Å²) in [4.78, 5) is 25.0. The molecular formula is C30H40ClNO11. The molecule has 1 aliphatic heterocycles. The van der Waals surface area contributed by atoms with Crippen LogP contribution >= 0.6 is 11.6 Å². The third-order valence-corrected chi connectivity index (χ3v) is 6.71. The molecule has 5 atom stereocenters. The molecule has 2 aromatic rings. The van der Waals surface area contributed by atoms with Gasteiger partial charge in [-0.2, -0.15) is 0 Å². The Morgan fingerprint density at radius 1 is 1.05 bits per heavy atom. The number of aliphatic hydroxyl groups is 3. The molecule has 1 saturated heterocycles. The van der Waals surface area contributed by atoms with Gasteiger partial charge in [0.25, 0.3) is 5.91 Å². The zero-order chi connectivity index (χ0) is 31.7. The fraction of sp³-hybridized carbons (Fsp3) is 0.533. The highest BCUT2D eigenvalue weighted by atomic mass is 35.5. The van der Waals surface area contributed by atoms with Crippen molar-refractivity contribution in [1.29, 1.82) is 0 Å². The first kappa shape index (κ1) is 34.4. The van der Waals surface area contributed by atoms with Crippen LogP contribution < -0.4 is 19.5 Å². The van der Waals surface area contributed by atoms with E-state index in [4.69, 9.17) is 40.0 Å². The number of methoxy groups -OCH3 is 2. The summed E-state index contributed by atoms with van der Waals surface area (Å²) >= 11 is 6.45. The SMILES string of the molecule is COc1cc(OCc2cccc(OCCCC(=O)OC(C)(C)C)c2)c(Cl)cc1C(=O)N[C@H]1[C@@H](OC)O[C@H](CO)[C@@H](O)[C@@H]1O. The number of hydrogen-bond acceptors (Lipinski definition) is 11. The van der Waals surface area contributed by atoms with Gasteiger partial charge in [0, 0.05) is 19.6 Å². The van der Waals surface area contributed by atoms with Crippen LogP contribution in [-0.2, 0) is 25.6 Å². The zero-order valence-electron chi connectivity index (χ0n) is 24.9. The van der Waals surface area contributed by atoms with Crippen molar-refractivity contribution in [3.05, 3.63) is 52.5 Å². The second kappa shape index (κ2) is 15.6. The van der Waals surface area contributed by atoms with Gasteiger partial charge in [0.2, 0.25) is 0 Å². The molecule has 2 aromatic carbocycles. The van der Waals surface area contributed by atoms with Gasteiger partial charge < -0.3 is 49.1 Å². The summed E-state index contributed by atoms with van der Waals surface area (Å²) in [5.41, 5.74) is 0.310. The fourth-order valence-electron chi connectivity index (χ4n) is 4.34. The highest BCUT2D eigenvalue weighted by molar-refractivity contribution is 6.32. The van der Waals surface area contributed by atoms with Gasteiger partial charge in [-0.1, -0.05) is 23.7 Å². The quantitative estimate of drug-likeness (QED) is 0.191. The number of nitrogens with one attached hydrogen (secondary N) is 1. The molecule has 0 radical (unpaired) electrons. The molecule has 43 heavy (non-hydrogen) atoms. The molecule has 0 unspecified atom stereocenters. The van der Waals surface area contributed by atoms with Crippen molar-refractivity contribution in [2.24, 2.45) is 0 Å². The molecular weight excluding hydrogens is 586 g/mol. The highest BCUT2D eigenvalue weighted by Gasteiger charge is 2.45. The smallest absolute Gasteiger partial charge is 0.306 e. The van der Waals surface area contributed by atoms with Gasteiger partial charge in [-0.15, -0.1) is 0 Å². The molecule has 1 heterocycles. The molecule has 0 saturated carbocycles. The number of ether oxygens (including phenoxy) is 6. The van der Waals surface area contributed by atoms with Crippen molar-refractivity contribution in [1.82, 2.24) is 5.32 Å². The Morgan fingerprint density at radius 3 is 2.44 bits per heavy atom. The number of aliphatic hydroxyl groups excluding tert-OH is 3. The van der Waals surface area contributed by atoms with E-state index in [0.717, 1.165) is 5.56 Å². The van der Waals surface area contributed by atoms with E-state index in [0.29, 0.717) is 18.8 Å². The number of esters is 1. The Balaban J connectivity index is 1.61. The third-order valence-electron chi connectivity index (χ3n) is 6.42. The van der Waals surface area contributed by atoms with Gasteiger partial charge in [0.05, 0.1) is 30.9 Å². The summed E-state index contributed by atoms with van der Waals surface area (Å²) in [6.07, 6.45) is -4.38. The minimum atomic E-state index is -1.48. The summed E-state index contributed by atoms with van der Waals surface area (Å²) < 4.78 is 33.0. The van der Waals surface area contributed by atoms with Gasteiger partial charge in [-0.25, -0.2) is 0 Å². The van der Waals surface area contributed by atoms with E-state index in [1.165, 1.54) is 26.4 Å². The van der Waals surface area contributed by atoms with Crippen LogP contribution in [0, 0.1) is 0 Å². The second-order valence-corrected chi connectivity index (χ2v) is 11.3. The maximum atomic E-state index is 13.2. The van der Waals surface area contributed by atoms with Gasteiger partial charge in [-0.05, 0) is 51.0 Å². The van der Waals surface area contributed by atoms with E-state index in [1.807, 2.05) is 32.9 Å². The number of halogens is 1. The molecule has 3 rings (SSSR count). The van der Waals surface area contributed by atoms with Crippen LogP contribution in [0.25, 0.3) is 0 Å². The van der Waals surface area contributed by atoms with Crippen LogP contribution in [0.4, 0.5) is 0 Å². The van der Waals surface area contributed by atoms with E-state index in [-0.39, 0.29) is 41.1 Å². The largest absolute Gasteiger partial charge is 0.496 e. The van der Waals surface area contributed by atoms with E-state index in [2.05, 4.69) is 5.32 Å². The number of benzene rings is 2. The van der Waals surface area contributed by atoms with Crippen LogP contribution in [0.1, 0.15) is 49.5 Å². The van der Waals surface area contributed by atoms with Crippen LogP contribution in [0.2, 0.25) is 5.02 Å². The standard InChI is InChI=1S/C30H40ClNO11/c1-30(2,3)43-24(34)10-7-11-40-18-9-6-8-17(12-18)16-41-22-14-21(38-4)19(13-20(22)31)28(37)32-25-27(36)26(35)23(15-33)42-29(25)39-5/h6,8-9,12-14,23,25-27,29,33,35-36H,7,10-11,15-16H2,1-5H3,(H,32,37)/t23-,25-,26-,27-,29+/m1/s1. The number of rotatable bonds is 13. The minimum absolute atomic E-state index is 0.0439. The summed E-state index contributed by atoms with van der Waals surface area (Å²) in [6, 6.07) is 8.94. The lowest BCUT2D eigenvalue weighted by atomic mass is 9.96. The van der Waals surface area contributed by atoms with Crippen LogP contribution in [0.15, 0.2) is 36.4 Å². The van der Waals surface area contributed by atoms with Crippen molar-refractivity contribution >= 4 is 23.5 Å². The van der Waals surface area contributed by atoms with Crippen molar-refractivity contribution in [2.45, 2.75) is 76.5 Å². The lowest BCUT2D eigenvalue weighted by molar-refractivity contribution is -0.261. The Labute approximate surface area is 255 Å². The predicted molar refractivity (Wildman–Crippen MR) is 155 cm³/mol. The topological polar surface area (TPSA) is 162 Å². The average molecular weight is 626 g/mol. The molecule has 1 aliphatic rings. The van der Waals surface area contributed by atoms with Gasteiger partial charge >= 0.3 is 5.97 Å². The van der Waals surface area contributed by atoms with Crippen LogP contribution in [0.3, 0.4) is 0 Å². The lowest BCUT2D eigenvalue weighted by Crippen LogP contribution is -2.64. The molecule has 13 heteroatoms. The Bertz CT molecular complexity index is 1230. The molecule has 238 valence electrons. The van der Waals surface area contributed by atoms with E-state index < -0.39 is 48.8 Å². The molecule has 0 spiro atoms. The first-order chi connectivity index (χ1) is 20.4. The molecule has 0 aromatic heterocycles. The first-order valence-corrected chi connectivity index (χ1v) is 14.1. The maximum Gasteiger partial charge on any atom is 0.306 e.